The Hall–Kier alpha value is -2.63. The molecule has 64 heavy (non-hydrogen) atoms. The summed E-state index contributed by atoms with van der Waals surface area (Å²) in [5, 5.41) is 0. The lowest BCUT2D eigenvalue weighted by atomic mass is 10.0. The monoisotopic (exact) mass is 897 g/mol. The summed E-state index contributed by atoms with van der Waals surface area (Å²) in [6.45, 7) is 6.59. The fourth-order valence-electron chi connectivity index (χ4n) is 7.90. The average molecular weight is 897 g/mol. The molecule has 0 aromatic carbocycles. The Kier molecular flexibility index (Phi) is 50.8. The molecule has 0 aliphatic carbocycles. The minimum atomic E-state index is -0.777. The average Bonchev–Trinajstić information content (AvgIpc) is 3.29. The summed E-state index contributed by atoms with van der Waals surface area (Å²) in [5.74, 6) is -0.881. The highest BCUT2D eigenvalue weighted by Gasteiger charge is 2.19. The molecule has 0 fully saturated rings. The normalized spacial score (nSPS) is 12.4. The smallest absolute Gasteiger partial charge is 0.306 e. The van der Waals surface area contributed by atoms with E-state index in [1.54, 1.807) is 0 Å². The van der Waals surface area contributed by atoms with Crippen molar-refractivity contribution >= 4 is 17.9 Å². The predicted molar refractivity (Wildman–Crippen MR) is 275 cm³/mol. The molecule has 0 aliphatic heterocycles. The minimum absolute atomic E-state index is 0.0763. The maximum absolute atomic E-state index is 12.8. The topological polar surface area (TPSA) is 78.9 Å². The summed E-state index contributed by atoms with van der Waals surface area (Å²) in [5.41, 5.74) is 0. The first-order chi connectivity index (χ1) is 31.5. The van der Waals surface area contributed by atoms with Crippen molar-refractivity contribution in [1.29, 1.82) is 0 Å². The summed E-state index contributed by atoms with van der Waals surface area (Å²) in [6.07, 6.45) is 63.7. The van der Waals surface area contributed by atoms with Crippen LogP contribution in [0.25, 0.3) is 0 Å². The second-order valence-electron chi connectivity index (χ2n) is 18.6. The third kappa shape index (κ3) is 50.4. The van der Waals surface area contributed by atoms with E-state index in [1.807, 2.05) is 0 Å². The van der Waals surface area contributed by atoms with Crippen LogP contribution in [-0.4, -0.2) is 37.2 Å². The van der Waals surface area contributed by atoms with Gasteiger partial charge in [0.25, 0.3) is 0 Å². The van der Waals surface area contributed by atoms with Crippen LogP contribution >= 0.6 is 0 Å². The lowest BCUT2D eigenvalue weighted by Gasteiger charge is -2.18. The van der Waals surface area contributed by atoms with Crippen molar-refractivity contribution in [1.82, 2.24) is 0 Å². The van der Waals surface area contributed by atoms with E-state index in [4.69, 9.17) is 14.2 Å². The van der Waals surface area contributed by atoms with Gasteiger partial charge in [0.05, 0.1) is 0 Å². The standard InChI is InChI=1S/C58H104O6/c1-4-7-10-13-16-19-22-25-27-28-29-30-32-33-36-39-42-45-48-51-57(60)63-54-55(53-62-56(59)50-47-44-41-38-35-24-21-18-15-12-9-6-3)64-58(61)52-49-46-43-40-37-34-31-26-23-20-17-14-11-8-5-2/h16-17,19-20,22-23,25-26,55H,4-15,18,21,24,27-54H2,1-3H3/b19-16-,20-17-,25-22-,26-23-. The molecule has 0 spiro atoms. The fraction of sp³-hybridized carbons (Fsp3) is 0.810. The number of carbonyl (C=O) groups excluding carboxylic acids is 3. The van der Waals surface area contributed by atoms with Gasteiger partial charge in [-0.05, 0) is 70.6 Å². The summed E-state index contributed by atoms with van der Waals surface area (Å²) in [4.78, 5) is 38.0. The van der Waals surface area contributed by atoms with Crippen molar-refractivity contribution < 1.29 is 28.6 Å². The number of esters is 3. The molecule has 372 valence electrons. The first-order valence-electron chi connectivity index (χ1n) is 27.7. The van der Waals surface area contributed by atoms with Crippen LogP contribution in [-0.2, 0) is 28.6 Å². The van der Waals surface area contributed by atoms with Crippen molar-refractivity contribution in [3.05, 3.63) is 48.6 Å². The highest BCUT2D eigenvalue weighted by atomic mass is 16.6. The zero-order chi connectivity index (χ0) is 46.5. The second-order valence-corrected chi connectivity index (χ2v) is 18.6. The van der Waals surface area contributed by atoms with Gasteiger partial charge in [0, 0.05) is 19.3 Å². The van der Waals surface area contributed by atoms with Gasteiger partial charge in [-0.25, -0.2) is 0 Å². The molecule has 0 saturated carbocycles. The van der Waals surface area contributed by atoms with Gasteiger partial charge in [-0.3, -0.25) is 14.4 Å². The molecule has 0 heterocycles. The van der Waals surface area contributed by atoms with E-state index in [9.17, 15) is 14.4 Å². The van der Waals surface area contributed by atoms with Crippen LogP contribution in [0.4, 0.5) is 0 Å². The van der Waals surface area contributed by atoms with Gasteiger partial charge in [-0.1, -0.05) is 243 Å². The summed E-state index contributed by atoms with van der Waals surface area (Å²) in [6, 6.07) is 0. The van der Waals surface area contributed by atoms with E-state index < -0.39 is 6.10 Å². The zero-order valence-corrected chi connectivity index (χ0v) is 42.6. The van der Waals surface area contributed by atoms with Crippen LogP contribution in [0.15, 0.2) is 48.6 Å². The molecule has 6 nitrogen and oxygen atoms in total. The van der Waals surface area contributed by atoms with Crippen LogP contribution in [0.1, 0.15) is 284 Å². The van der Waals surface area contributed by atoms with Gasteiger partial charge in [-0.2, -0.15) is 0 Å². The fourth-order valence-corrected chi connectivity index (χ4v) is 7.90. The predicted octanol–water partition coefficient (Wildman–Crippen LogP) is 18.3. The zero-order valence-electron chi connectivity index (χ0n) is 42.6. The Morgan fingerprint density at radius 3 is 0.859 bits per heavy atom. The molecular weight excluding hydrogens is 793 g/mol. The quantitative estimate of drug-likeness (QED) is 0.0262. The van der Waals surface area contributed by atoms with Crippen molar-refractivity contribution in [2.24, 2.45) is 0 Å². The Morgan fingerprint density at radius 1 is 0.312 bits per heavy atom. The Balaban J connectivity index is 4.34. The largest absolute Gasteiger partial charge is 0.462 e. The van der Waals surface area contributed by atoms with Crippen molar-refractivity contribution in [2.45, 2.75) is 290 Å². The van der Waals surface area contributed by atoms with Crippen LogP contribution < -0.4 is 0 Å². The summed E-state index contributed by atoms with van der Waals surface area (Å²) in [7, 11) is 0. The molecule has 0 aromatic heterocycles. The van der Waals surface area contributed by atoms with Crippen LogP contribution in [0, 0.1) is 0 Å². The number of carbonyl (C=O) groups is 3. The highest BCUT2D eigenvalue weighted by molar-refractivity contribution is 5.71. The highest BCUT2D eigenvalue weighted by Crippen LogP contribution is 2.16. The second kappa shape index (κ2) is 53.0. The Morgan fingerprint density at radius 2 is 0.547 bits per heavy atom. The Bertz CT molecular complexity index is 1120. The minimum Gasteiger partial charge on any atom is -0.462 e. The maximum Gasteiger partial charge on any atom is 0.306 e. The van der Waals surface area contributed by atoms with E-state index in [-0.39, 0.29) is 31.1 Å². The van der Waals surface area contributed by atoms with Crippen LogP contribution in [0.2, 0.25) is 0 Å². The van der Waals surface area contributed by atoms with Crippen molar-refractivity contribution in [3.63, 3.8) is 0 Å². The van der Waals surface area contributed by atoms with E-state index >= 15 is 0 Å². The SMILES string of the molecule is CCCCC/C=C\C=C/CCCCCCCCCCCCC(=O)OCC(COC(=O)CCCCCCCCCCCCCC)OC(=O)CCCCCCCC/C=C\C=C/CCCCC. The number of rotatable bonds is 50. The van der Waals surface area contributed by atoms with Gasteiger partial charge in [0.15, 0.2) is 6.10 Å². The van der Waals surface area contributed by atoms with Crippen molar-refractivity contribution in [3.8, 4) is 0 Å². The van der Waals surface area contributed by atoms with Crippen LogP contribution in [0.3, 0.4) is 0 Å². The molecule has 1 unspecified atom stereocenters. The van der Waals surface area contributed by atoms with E-state index in [0.29, 0.717) is 19.3 Å². The van der Waals surface area contributed by atoms with Crippen molar-refractivity contribution in [2.75, 3.05) is 13.2 Å². The molecule has 0 N–H and O–H groups in total. The first kappa shape index (κ1) is 61.4. The van der Waals surface area contributed by atoms with E-state index in [0.717, 1.165) is 64.2 Å². The first-order valence-corrected chi connectivity index (χ1v) is 27.7. The lowest BCUT2D eigenvalue weighted by Crippen LogP contribution is -2.30. The molecule has 0 rings (SSSR count). The molecule has 0 amide bonds. The molecule has 0 aromatic rings. The number of ether oxygens (including phenoxy) is 3. The summed E-state index contributed by atoms with van der Waals surface area (Å²) >= 11 is 0. The lowest BCUT2D eigenvalue weighted by molar-refractivity contribution is -0.167. The third-order valence-electron chi connectivity index (χ3n) is 12.1. The molecule has 6 heteroatoms. The molecule has 0 aliphatic rings. The van der Waals surface area contributed by atoms with Gasteiger partial charge in [0.2, 0.25) is 0 Å². The van der Waals surface area contributed by atoms with Gasteiger partial charge in [-0.15, -0.1) is 0 Å². The van der Waals surface area contributed by atoms with E-state index in [1.165, 1.54) is 180 Å². The molecule has 0 bridgehead atoms. The maximum atomic E-state index is 12.8. The Labute approximate surface area is 397 Å². The van der Waals surface area contributed by atoms with Gasteiger partial charge >= 0.3 is 17.9 Å². The molecule has 0 saturated heterocycles. The number of allylic oxidation sites excluding steroid dienone is 8. The van der Waals surface area contributed by atoms with Crippen LogP contribution in [0.5, 0.6) is 0 Å². The number of unbranched alkanes of at least 4 members (excludes halogenated alkanes) is 33. The third-order valence-corrected chi connectivity index (χ3v) is 12.1. The molecule has 0 radical (unpaired) electrons. The van der Waals surface area contributed by atoms with E-state index in [2.05, 4.69) is 69.4 Å². The van der Waals surface area contributed by atoms with Gasteiger partial charge in [0.1, 0.15) is 13.2 Å². The number of hydrogen-bond acceptors (Lipinski definition) is 6. The number of hydrogen-bond donors (Lipinski definition) is 0. The summed E-state index contributed by atoms with van der Waals surface area (Å²) < 4.78 is 16.8. The molecular formula is C58H104O6. The van der Waals surface area contributed by atoms with Gasteiger partial charge < -0.3 is 14.2 Å². The molecule has 1 atom stereocenters.